The Bertz CT molecular complexity index is 686. The Kier molecular flexibility index (Phi) is 4.63. The molecule has 2 heterocycles. The molecule has 2 nitrogen and oxygen atoms in total. The number of hydrogen-bond donors (Lipinski definition) is 1. The van der Waals surface area contributed by atoms with Crippen LogP contribution < -0.4 is 5.32 Å². The van der Waals surface area contributed by atoms with Gasteiger partial charge in [0.25, 0.3) is 0 Å². The van der Waals surface area contributed by atoms with Crippen LogP contribution in [0.25, 0.3) is 10.9 Å². The van der Waals surface area contributed by atoms with E-state index in [9.17, 15) is 0 Å². The molecule has 0 saturated heterocycles. The Hall–Kier alpha value is -1.71. The number of pyridine rings is 1. The highest BCUT2D eigenvalue weighted by molar-refractivity contribution is 7.07. The third kappa shape index (κ3) is 3.31. The summed E-state index contributed by atoms with van der Waals surface area (Å²) in [4.78, 5) is 4.59. The van der Waals surface area contributed by atoms with Crippen molar-refractivity contribution in [2.24, 2.45) is 0 Å². The fraction of sp³-hybridized carbons (Fsp3) is 0.278. The van der Waals surface area contributed by atoms with Gasteiger partial charge in [-0.1, -0.05) is 31.2 Å². The highest BCUT2D eigenvalue weighted by atomic mass is 32.1. The summed E-state index contributed by atoms with van der Waals surface area (Å²) in [5.74, 6) is 0. The molecule has 1 atom stereocenters. The van der Waals surface area contributed by atoms with E-state index in [0.717, 1.165) is 24.9 Å². The zero-order valence-corrected chi connectivity index (χ0v) is 13.1. The van der Waals surface area contributed by atoms with Gasteiger partial charge in [-0.05, 0) is 53.4 Å². The van der Waals surface area contributed by atoms with Gasteiger partial charge in [-0.3, -0.25) is 4.98 Å². The van der Waals surface area contributed by atoms with Crippen molar-refractivity contribution in [1.29, 1.82) is 0 Å². The third-order valence-electron chi connectivity index (χ3n) is 3.79. The summed E-state index contributed by atoms with van der Waals surface area (Å²) in [6.45, 7) is 3.13. The minimum Gasteiger partial charge on any atom is -0.310 e. The molecule has 1 unspecified atom stereocenters. The van der Waals surface area contributed by atoms with E-state index in [1.807, 2.05) is 12.3 Å². The molecular formula is C18H20N2S. The van der Waals surface area contributed by atoms with Crippen molar-refractivity contribution >= 4 is 22.2 Å². The maximum Gasteiger partial charge on any atom is 0.0749 e. The molecular weight excluding hydrogens is 276 g/mol. The molecule has 0 radical (unpaired) electrons. The number of rotatable bonds is 6. The second kappa shape index (κ2) is 6.83. The van der Waals surface area contributed by atoms with Crippen LogP contribution in [0.2, 0.25) is 0 Å². The monoisotopic (exact) mass is 296 g/mol. The van der Waals surface area contributed by atoms with Crippen LogP contribution in [0.1, 0.15) is 30.5 Å². The molecule has 0 spiro atoms. The summed E-state index contributed by atoms with van der Waals surface area (Å²) in [6, 6.07) is 13.2. The van der Waals surface area contributed by atoms with Crippen molar-refractivity contribution in [2.45, 2.75) is 25.8 Å². The van der Waals surface area contributed by atoms with Crippen molar-refractivity contribution < 1.29 is 0 Å². The van der Waals surface area contributed by atoms with Gasteiger partial charge < -0.3 is 5.32 Å². The maximum absolute atomic E-state index is 4.59. The van der Waals surface area contributed by atoms with E-state index in [1.54, 1.807) is 11.3 Å². The Balaban J connectivity index is 1.88. The van der Waals surface area contributed by atoms with Gasteiger partial charge in [0.1, 0.15) is 0 Å². The minimum absolute atomic E-state index is 0.355. The van der Waals surface area contributed by atoms with Gasteiger partial charge >= 0.3 is 0 Å². The molecule has 0 aliphatic rings. The Morgan fingerprint density at radius 3 is 2.90 bits per heavy atom. The smallest absolute Gasteiger partial charge is 0.0749 e. The van der Waals surface area contributed by atoms with E-state index in [2.05, 4.69) is 58.3 Å². The van der Waals surface area contributed by atoms with Crippen LogP contribution in [0.5, 0.6) is 0 Å². The van der Waals surface area contributed by atoms with Gasteiger partial charge in [-0.15, -0.1) is 0 Å². The lowest BCUT2D eigenvalue weighted by Crippen LogP contribution is -2.22. The molecule has 1 aromatic carbocycles. The molecule has 108 valence electrons. The fourth-order valence-electron chi connectivity index (χ4n) is 2.77. The van der Waals surface area contributed by atoms with Crippen molar-refractivity contribution in [3.05, 3.63) is 64.5 Å². The molecule has 3 heteroatoms. The molecule has 2 aromatic heterocycles. The standard InChI is InChI=1S/C18H20N2S/c1-2-19-17(9-8-14-10-12-21-13-14)16-7-3-5-15-6-4-11-20-18(15)16/h3-7,10-13,17,19H,2,8-9H2,1H3. The molecule has 0 bridgehead atoms. The number of hydrogen-bond acceptors (Lipinski definition) is 3. The van der Waals surface area contributed by atoms with Gasteiger partial charge in [0, 0.05) is 17.6 Å². The maximum atomic E-state index is 4.59. The van der Waals surface area contributed by atoms with Crippen LogP contribution in [0.3, 0.4) is 0 Å². The van der Waals surface area contributed by atoms with Gasteiger partial charge in [0.15, 0.2) is 0 Å². The van der Waals surface area contributed by atoms with E-state index in [4.69, 9.17) is 0 Å². The molecule has 21 heavy (non-hydrogen) atoms. The normalized spacial score (nSPS) is 12.6. The number of aromatic nitrogens is 1. The number of benzene rings is 1. The van der Waals surface area contributed by atoms with Crippen molar-refractivity contribution in [1.82, 2.24) is 10.3 Å². The number of para-hydroxylation sites is 1. The van der Waals surface area contributed by atoms with Gasteiger partial charge in [-0.25, -0.2) is 0 Å². The molecule has 3 aromatic rings. The van der Waals surface area contributed by atoms with E-state index in [-0.39, 0.29) is 0 Å². The third-order valence-corrected chi connectivity index (χ3v) is 4.52. The van der Waals surface area contributed by atoms with Crippen LogP contribution >= 0.6 is 11.3 Å². The van der Waals surface area contributed by atoms with E-state index >= 15 is 0 Å². The summed E-state index contributed by atoms with van der Waals surface area (Å²) in [6.07, 6.45) is 4.08. The largest absolute Gasteiger partial charge is 0.310 e. The SMILES string of the molecule is CCNC(CCc1ccsc1)c1cccc2cccnc12. The predicted octanol–water partition coefficient (Wildman–Crippen LogP) is 4.58. The summed E-state index contributed by atoms with van der Waals surface area (Å²) >= 11 is 1.77. The lowest BCUT2D eigenvalue weighted by Gasteiger charge is -2.19. The topological polar surface area (TPSA) is 24.9 Å². The Morgan fingerprint density at radius 2 is 2.10 bits per heavy atom. The average molecular weight is 296 g/mol. The van der Waals surface area contributed by atoms with Gasteiger partial charge in [0.2, 0.25) is 0 Å². The summed E-state index contributed by atoms with van der Waals surface area (Å²) in [5.41, 5.74) is 3.86. The summed E-state index contributed by atoms with van der Waals surface area (Å²) in [5, 5.41) is 9.22. The van der Waals surface area contributed by atoms with Crippen LogP contribution in [-0.2, 0) is 6.42 Å². The molecule has 1 N–H and O–H groups in total. The first-order valence-electron chi connectivity index (χ1n) is 7.46. The summed E-state index contributed by atoms with van der Waals surface area (Å²) < 4.78 is 0. The number of thiophene rings is 1. The van der Waals surface area contributed by atoms with Crippen LogP contribution in [0.15, 0.2) is 53.4 Å². The highest BCUT2D eigenvalue weighted by Gasteiger charge is 2.14. The Morgan fingerprint density at radius 1 is 1.19 bits per heavy atom. The lowest BCUT2D eigenvalue weighted by atomic mass is 9.97. The minimum atomic E-state index is 0.355. The van der Waals surface area contributed by atoms with Crippen molar-refractivity contribution in [3.8, 4) is 0 Å². The number of nitrogens with one attached hydrogen (secondary N) is 1. The van der Waals surface area contributed by atoms with Crippen molar-refractivity contribution in [3.63, 3.8) is 0 Å². The quantitative estimate of drug-likeness (QED) is 0.720. The molecule has 0 aliphatic carbocycles. The lowest BCUT2D eigenvalue weighted by molar-refractivity contribution is 0.518. The molecule has 3 rings (SSSR count). The van der Waals surface area contributed by atoms with E-state index in [0.29, 0.717) is 6.04 Å². The Labute approximate surface area is 129 Å². The predicted molar refractivity (Wildman–Crippen MR) is 90.8 cm³/mol. The molecule has 0 amide bonds. The molecule has 0 saturated carbocycles. The van der Waals surface area contributed by atoms with Crippen LogP contribution in [-0.4, -0.2) is 11.5 Å². The summed E-state index contributed by atoms with van der Waals surface area (Å²) in [7, 11) is 0. The fourth-order valence-corrected chi connectivity index (χ4v) is 3.47. The number of nitrogens with zero attached hydrogens (tertiary/aromatic N) is 1. The zero-order chi connectivity index (χ0) is 14.5. The highest BCUT2D eigenvalue weighted by Crippen LogP contribution is 2.26. The van der Waals surface area contributed by atoms with Crippen molar-refractivity contribution in [2.75, 3.05) is 6.54 Å². The first kappa shape index (κ1) is 14.2. The zero-order valence-electron chi connectivity index (χ0n) is 12.3. The average Bonchev–Trinajstić information content (AvgIpc) is 3.04. The second-order valence-corrected chi connectivity index (χ2v) is 5.98. The van der Waals surface area contributed by atoms with E-state index in [1.165, 1.54) is 16.5 Å². The van der Waals surface area contributed by atoms with E-state index < -0.39 is 0 Å². The molecule has 0 aliphatic heterocycles. The van der Waals surface area contributed by atoms with Crippen LogP contribution in [0.4, 0.5) is 0 Å². The van der Waals surface area contributed by atoms with Gasteiger partial charge in [-0.2, -0.15) is 11.3 Å². The first-order chi connectivity index (χ1) is 10.4. The molecule has 0 fully saturated rings. The second-order valence-electron chi connectivity index (χ2n) is 5.20. The van der Waals surface area contributed by atoms with Crippen LogP contribution in [0, 0.1) is 0 Å². The number of aryl methyl sites for hydroxylation is 1. The first-order valence-corrected chi connectivity index (χ1v) is 8.41. The number of fused-ring (bicyclic) bond motifs is 1. The van der Waals surface area contributed by atoms with Gasteiger partial charge in [0.05, 0.1) is 5.52 Å².